The first-order valence-corrected chi connectivity index (χ1v) is 9.26. The number of likely N-dealkylation sites (tertiary alicyclic amines) is 1. The van der Waals surface area contributed by atoms with Crippen LogP contribution < -0.4 is 10.1 Å². The second-order valence-corrected chi connectivity index (χ2v) is 7.66. The van der Waals surface area contributed by atoms with Crippen molar-refractivity contribution in [1.29, 1.82) is 0 Å². The van der Waals surface area contributed by atoms with Crippen LogP contribution in [0.4, 0.5) is 0 Å². The summed E-state index contributed by atoms with van der Waals surface area (Å²) in [4.78, 5) is 30.2. The Kier molecular flexibility index (Phi) is 4.13. The average Bonchev–Trinajstić information content (AvgIpc) is 3.26. The molecule has 1 atom stereocenters. The Morgan fingerprint density at radius 2 is 1.92 bits per heavy atom. The van der Waals surface area contributed by atoms with Crippen molar-refractivity contribution in [3.05, 3.63) is 30.0 Å². The number of methoxy groups -OCH3 is 1. The summed E-state index contributed by atoms with van der Waals surface area (Å²) in [6, 6.07) is 6.86. The number of aromatic nitrogens is 1. The summed E-state index contributed by atoms with van der Waals surface area (Å²) in [5, 5.41) is 3.76. The van der Waals surface area contributed by atoms with Crippen LogP contribution in [0.15, 0.2) is 24.3 Å². The number of H-pyrrole nitrogens is 1. The van der Waals surface area contributed by atoms with Crippen molar-refractivity contribution >= 4 is 22.7 Å². The van der Waals surface area contributed by atoms with Crippen LogP contribution in [-0.2, 0) is 4.79 Å². The number of nitrogens with zero attached hydrogens (tertiary/aromatic N) is 1. The fourth-order valence-electron chi connectivity index (χ4n) is 3.84. The lowest BCUT2D eigenvalue weighted by molar-refractivity contribution is -0.134. The monoisotopic (exact) mass is 355 g/mol. The molecule has 2 fully saturated rings. The van der Waals surface area contributed by atoms with Gasteiger partial charge in [-0.1, -0.05) is 0 Å². The predicted octanol–water partition coefficient (Wildman–Crippen LogP) is 2.70. The van der Waals surface area contributed by atoms with Crippen LogP contribution in [0.3, 0.4) is 0 Å². The molecule has 6 nitrogen and oxygen atoms in total. The summed E-state index contributed by atoms with van der Waals surface area (Å²) in [5.41, 5.74) is 1.82. The van der Waals surface area contributed by atoms with E-state index in [9.17, 15) is 9.59 Å². The van der Waals surface area contributed by atoms with Crippen molar-refractivity contribution < 1.29 is 14.3 Å². The van der Waals surface area contributed by atoms with Crippen molar-refractivity contribution in [2.75, 3.05) is 20.2 Å². The molecular weight excluding hydrogens is 330 g/mol. The fourth-order valence-corrected chi connectivity index (χ4v) is 3.84. The number of piperidine rings is 1. The van der Waals surface area contributed by atoms with E-state index < -0.39 is 6.04 Å². The number of aromatic amines is 1. The van der Waals surface area contributed by atoms with E-state index in [0.717, 1.165) is 42.6 Å². The maximum absolute atomic E-state index is 12.6. The molecule has 1 aromatic carbocycles. The lowest BCUT2D eigenvalue weighted by Crippen LogP contribution is -2.49. The number of hydrogen-bond acceptors (Lipinski definition) is 3. The lowest BCUT2D eigenvalue weighted by Gasteiger charge is -2.33. The molecule has 1 saturated carbocycles. The Labute approximate surface area is 152 Å². The van der Waals surface area contributed by atoms with E-state index in [1.165, 1.54) is 12.8 Å². The molecule has 2 amide bonds. The van der Waals surface area contributed by atoms with E-state index in [1.54, 1.807) is 20.1 Å². The SMILES string of the molecule is COc1ccc2cc(C(=O)N[C@H](C)C(=O)N3CCC4(CC3)CC4)[nH]c2c1. The summed E-state index contributed by atoms with van der Waals surface area (Å²) in [7, 11) is 1.61. The van der Waals surface area contributed by atoms with E-state index in [4.69, 9.17) is 4.74 Å². The molecule has 2 N–H and O–H groups in total. The normalized spacial score (nSPS) is 19.4. The molecule has 1 aliphatic carbocycles. The van der Waals surface area contributed by atoms with Gasteiger partial charge in [0.05, 0.1) is 7.11 Å². The van der Waals surface area contributed by atoms with Crippen molar-refractivity contribution in [1.82, 2.24) is 15.2 Å². The number of nitrogens with one attached hydrogen (secondary N) is 2. The van der Waals surface area contributed by atoms with E-state index in [0.29, 0.717) is 11.1 Å². The highest BCUT2D eigenvalue weighted by atomic mass is 16.5. The third-order valence-electron chi connectivity index (χ3n) is 5.89. The molecule has 1 aromatic heterocycles. The molecule has 2 aromatic rings. The molecule has 2 heterocycles. The number of amides is 2. The minimum Gasteiger partial charge on any atom is -0.497 e. The lowest BCUT2D eigenvalue weighted by atomic mass is 9.93. The molecule has 0 radical (unpaired) electrons. The summed E-state index contributed by atoms with van der Waals surface area (Å²) in [6.07, 6.45) is 4.82. The average molecular weight is 355 g/mol. The van der Waals surface area contributed by atoms with Crippen LogP contribution in [-0.4, -0.2) is 47.9 Å². The minimum atomic E-state index is -0.531. The summed E-state index contributed by atoms with van der Waals surface area (Å²) >= 11 is 0. The molecule has 1 spiro atoms. The quantitative estimate of drug-likeness (QED) is 0.885. The number of hydrogen-bond donors (Lipinski definition) is 2. The van der Waals surface area contributed by atoms with Crippen LogP contribution in [0, 0.1) is 5.41 Å². The van der Waals surface area contributed by atoms with Crippen molar-refractivity contribution in [3.63, 3.8) is 0 Å². The van der Waals surface area contributed by atoms with Crippen LogP contribution in [0.2, 0.25) is 0 Å². The molecule has 26 heavy (non-hydrogen) atoms. The predicted molar refractivity (Wildman–Crippen MR) is 99.3 cm³/mol. The first-order valence-electron chi connectivity index (χ1n) is 9.26. The van der Waals surface area contributed by atoms with Crippen molar-refractivity contribution in [2.45, 2.75) is 38.6 Å². The second-order valence-electron chi connectivity index (χ2n) is 7.66. The number of rotatable bonds is 4. The number of ether oxygens (including phenoxy) is 1. The van der Waals surface area contributed by atoms with E-state index in [1.807, 2.05) is 23.1 Å². The van der Waals surface area contributed by atoms with Gasteiger partial charge in [-0.25, -0.2) is 0 Å². The number of benzene rings is 1. The van der Waals surface area contributed by atoms with Crippen molar-refractivity contribution in [3.8, 4) is 5.75 Å². The highest BCUT2D eigenvalue weighted by Gasteiger charge is 2.45. The Balaban J connectivity index is 1.39. The molecule has 4 rings (SSSR count). The zero-order valence-electron chi connectivity index (χ0n) is 15.3. The Hall–Kier alpha value is -2.50. The van der Waals surface area contributed by atoms with Crippen LogP contribution in [0.25, 0.3) is 10.9 Å². The van der Waals surface area contributed by atoms with E-state index >= 15 is 0 Å². The number of carbonyl (C=O) groups is 2. The van der Waals surface area contributed by atoms with Gasteiger partial charge in [-0.15, -0.1) is 0 Å². The Bertz CT molecular complexity index is 843. The first kappa shape index (κ1) is 16.9. The molecular formula is C20H25N3O3. The fraction of sp³-hybridized carbons (Fsp3) is 0.500. The van der Waals surface area contributed by atoms with Crippen molar-refractivity contribution in [2.24, 2.45) is 5.41 Å². The number of carbonyl (C=O) groups excluding carboxylic acids is 2. The molecule has 0 unspecified atom stereocenters. The van der Waals surface area contributed by atoms with Gasteiger partial charge in [-0.3, -0.25) is 9.59 Å². The molecule has 6 heteroatoms. The summed E-state index contributed by atoms with van der Waals surface area (Å²) in [6.45, 7) is 3.38. The topological polar surface area (TPSA) is 74.4 Å². The largest absolute Gasteiger partial charge is 0.497 e. The molecule has 1 aliphatic heterocycles. The molecule has 2 aliphatic rings. The van der Waals surface area contributed by atoms with Gasteiger partial charge in [0, 0.05) is 30.1 Å². The highest BCUT2D eigenvalue weighted by molar-refractivity contribution is 6.00. The third-order valence-corrected chi connectivity index (χ3v) is 5.89. The number of fused-ring (bicyclic) bond motifs is 1. The zero-order chi connectivity index (χ0) is 18.3. The highest BCUT2D eigenvalue weighted by Crippen LogP contribution is 2.53. The van der Waals surface area contributed by atoms with Gasteiger partial charge in [0.15, 0.2) is 0 Å². The van der Waals surface area contributed by atoms with Gasteiger partial charge < -0.3 is 19.9 Å². The van der Waals surface area contributed by atoms with Gasteiger partial charge in [0.2, 0.25) is 5.91 Å². The smallest absolute Gasteiger partial charge is 0.268 e. The van der Waals surface area contributed by atoms with Gasteiger partial charge in [-0.05, 0) is 56.2 Å². The maximum atomic E-state index is 12.6. The van der Waals surface area contributed by atoms with Crippen LogP contribution >= 0.6 is 0 Å². The summed E-state index contributed by atoms with van der Waals surface area (Å²) in [5.74, 6) is 0.469. The van der Waals surface area contributed by atoms with Gasteiger partial charge in [0.25, 0.3) is 5.91 Å². The maximum Gasteiger partial charge on any atom is 0.268 e. The Morgan fingerprint density at radius 3 is 2.58 bits per heavy atom. The molecule has 138 valence electrons. The molecule has 1 saturated heterocycles. The third kappa shape index (κ3) is 3.16. The Morgan fingerprint density at radius 1 is 1.19 bits per heavy atom. The zero-order valence-corrected chi connectivity index (χ0v) is 15.3. The van der Waals surface area contributed by atoms with Gasteiger partial charge >= 0.3 is 0 Å². The summed E-state index contributed by atoms with van der Waals surface area (Å²) < 4.78 is 5.20. The standard InChI is InChI=1S/C20H25N3O3/c1-13(19(25)23-9-7-20(5-6-20)8-10-23)21-18(24)17-11-14-3-4-15(26-2)12-16(14)22-17/h3-4,11-13,22H,5-10H2,1-2H3,(H,21,24)/t13-/m1/s1. The van der Waals surface area contributed by atoms with Crippen LogP contribution in [0.5, 0.6) is 5.75 Å². The van der Waals surface area contributed by atoms with Gasteiger partial charge in [-0.2, -0.15) is 0 Å². The van der Waals surface area contributed by atoms with Gasteiger partial charge in [0.1, 0.15) is 17.5 Å². The second kappa shape index (κ2) is 6.34. The first-order chi connectivity index (χ1) is 12.5. The molecule has 0 bridgehead atoms. The van der Waals surface area contributed by atoms with Crippen LogP contribution in [0.1, 0.15) is 43.1 Å². The van der Waals surface area contributed by atoms with E-state index in [2.05, 4.69) is 10.3 Å². The van der Waals surface area contributed by atoms with E-state index in [-0.39, 0.29) is 11.8 Å². The minimum absolute atomic E-state index is 0.00614.